The molecule has 0 bridgehead atoms. The number of aliphatic hydroxyl groups is 1. The van der Waals surface area contributed by atoms with Crippen molar-refractivity contribution < 1.29 is 24.2 Å². The Bertz CT molecular complexity index is 593. The van der Waals surface area contributed by atoms with Gasteiger partial charge in [-0.2, -0.15) is 0 Å². The van der Waals surface area contributed by atoms with Crippen LogP contribution in [0.2, 0.25) is 0 Å². The van der Waals surface area contributed by atoms with E-state index in [0.29, 0.717) is 30.0 Å². The molecule has 0 spiro atoms. The molecule has 1 aliphatic heterocycles. The Morgan fingerprint density at radius 3 is 2.96 bits per heavy atom. The van der Waals surface area contributed by atoms with Gasteiger partial charge in [-0.05, 0) is 25.5 Å². The number of fused-ring (bicyclic) bond motifs is 1. The standard InChI is InChI=1S/C15H19ClN2O5/c1-2-22-15(21)17-11-4-5-12(23-8-9(19)7-16)10-3-6-13(20)18-14(10)11/h4-5,9,19H,2-3,6-8H2,1H3,(H,17,21)(H,18,20). The van der Waals surface area contributed by atoms with Gasteiger partial charge in [-0.1, -0.05) is 0 Å². The van der Waals surface area contributed by atoms with Crippen molar-refractivity contribution in [1.29, 1.82) is 0 Å². The fraction of sp³-hybridized carbons (Fsp3) is 0.467. The van der Waals surface area contributed by atoms with Crippen LogP contribution in [0.5, 0.6) is 5.75 Å². The van der Waals surface area contributed by atoms with Crippen molar-refractivity contribution in [3.05, 3.63) is 17.7 Å². The van der Waals surface area contributed by atoms with E-state index in [9.17, 15) is 14.7 Å². The molecule has 0 aromatic heterocycles. The Morgan fingerprint density at radius 1 is 1.48 bits per heavy atom. The monoisotopic (exact) mass is 342 g/mol. The molecule has 1 aromatic carbocycles. The molecule has 1 aromatic rings. The van der Waals surface area contributed by atoms with Crippen molar-refractivity contribution in [3.8, 4) is 5.75 Å². The SMILES string of the molecule is CCOC(=O)Nc1ccc(OCC(O)CCl)c2c1NC(=O)CC2. The van der Waals surface area contributed by atoms with Gasteiger partial charge in [-0.25, -0.2) is 4.79 Å². The van der Waals surface area contributed by atoms with Crippen LogP contribution < -0.4 is 15.4 Å². The summed E-state index contributed by atoms with van der Waals surface area (Å²) in [6, 6.07) is 3.29. The first kappa shape index (κ1) is 17.4. The number of hydrogen-bond acceptors (Lipinski definition) is 5. The van der Waals surface area contributed by atoms with Crippen molar-refractivity contribution in [2.24, 2.45) is 0 Å². The normalized spacial score (nSPS) is 14.5. The molecule has 1 unspecified atom stereocenters. The summed E-state index contributed by atoms with van der Waals surface area (Å²) in [6.45, 7) is 2.00. The molecule has 1 heterocycles. The van der Waals surface area contributed by atoms with Crippen molar-refractivity contribution in [2.45, 2.75) is 25.9 Å². The first-order chi connectivity index (χ1) is 11.0. The topological polar surface area (TPSA) is 96.9 Å². The molecular weight excluding hydrogens is 324 g/mol. The van der Waals surface area contributed by atoms with Gasteiger partial charge in [0.1, 0.15) is 18.5 Å². The highest BCUT2D eigenvalue weighted by Crippen LogP contribution is 2.37. The minimum Gasteiger partial charge on any atom is -0.490 e. The Balaban J connectivity index is 2.25. The molecule has 0 saturated carbocycles. The van der Waals surface area contributed by atoms with Gasteiger partial charge in [-0.15, -0.1) is 11.6 Å². The third kappa shape index (κ3) is 4.49. The van der Waals surface area contributed by atoms with Gasteiger partial charge in [0.15, 0.2) is 0 Å². The summed E-state index contributed by atoms with van der Waals surface area (Å²) in [6.07, 6.45) is -0.570. The third-order valence-corrected chi connectivity index (χ3v) is 3.61. The smallest absolute Gasteiger partial charge is 0.411 e. The van der Waals surface area contributed by atoms with Gasteiger partial charge in [0.2, 0.25) is 5.91 Å². The summed E-state index contributed by atoms with van der Waals surface area (Å²) >= 11 is 5.54. The Kier molecular flexibility index (Phi) is 6.06. The van der Waals surface area contributed by atoms with Gasteiger partial charge >= 0.3 is 6.09 Å². The summed E-state index contributed by atoms with van der Waals surface area (Å²) in [5.41, 5.74) is 1.70. The maximum Gasteiger partial charge on any atom is 0.411 e. The molecular formula is C15H19ClN2O5. The second-order valence-corrected chi connectivity index (χ2v) is 5.29. The van der Waals surface area contributed by atoms with Crippen LogP contribution in [-0.2, 0) is 16.0 Å². The molecule has 1 aliphatic rings. The first-order valence-corrected chi connectivity index (χ1v) is 7.85. The lowest BCUT2D eigenvalue weighted by Crippen LogP contribution is -2.24. The van der Waals surface area contributed by atoms with E-state index in [4.69, 9.17) is 21.1 Å². The average Bonchev–Trinajstić information content (AvgIpc) is 2.54. The fourth-order valence-corrected chi connectivity index (χ4v) is 2.30. The highest BCUT2D eigenvalue weighted by molar-refractivity contribution is 6.18. The molecule has 3 N–H and O–H groups in total. The number of halogens is 1. The van der Waals surface area contributed by atoms with E-state index >= 15 is 0 Å². The van der Waals surface area contributed by atoms with Gasteiger partial charge in [0.25, 0.3) is 0 Å². The number of amides is 2. The zero-order chi connectivity index (χ0) is 16.8. The lowest BCUT2D eigenvalue weighted by Gasteiger charge is -2.23. The molecule has 0 aliphatic carbocycles. The number of nitrogens with one attached hydrogen (secondary N) is 2. The molecule has 0 saturated heterocycles. The van der Waals surface area contributed by atoms with Crippen molar-refractivity contribution in [1.82, 2.24) is 0 Å². The number of rotatable bonds is 6. The zero-order valence-electron chi connectivity index (χ0n) is 12.7. The predicted molar refractivity (Wildman–Crippen MR) is 86.3 cm³/mol. The maximum atomic E-state index is 11.7. The highest BCUT2D eigenvalue weighted by atomic mass is 35.5. The minimum absolute atomic E-state index is 0.0501. The second kappa shape index (κ2) is 8.03. The molecule has 126 valence electrons. The van der Waals surface area contributed by atoms with E-state index in [1.165, 1.54) is 0 Å². The van der Waals surface area contributed by atoms with Gasteiger partial charge < -0.3 is 19.9 Å². The molecule has 1 atom stereocenters. The highest BCUT2D eigenvalue weighted by Gasteiger charge is 2.23. The maximum absolute atomic E-state index is 11.7. The average molecular weight is 343 g/mol. The number of carbonyl (C=O) groups excluding carboxylic acids is 2. The Hall–Kier alpha value is -1.99. The van der Waals surface area contributed by atoms with E-state index in [0.717, 1.165) is 5.56 Å². The zero-order valence-corrected chi connectivity index (χ0v) is 13.5. The van der Waals surface area contributed by atoms with Crippen molar-refractivity contribution in [3.63, 3.8) is 0 Å². The molecule has 2 amide bonds. The third-order valence-electron chi connectivity index (χ3n) is 3.26. The molecule has 2 rings (SSSR count). The molecule has 0 radical (unpaired) electrons. The number of aliphatic hydroxyl groups excluding tert-OH is 1. The number of anilines is 2. The summed E-state index contributed by atoms with van der Waals surface area (Å²) in [4.78, 5) is 23.3. The molecule has 7 nitrogen and oxygen atoms in total. The van der Waals surface area contributed by atoms with Gasteiger partial charge in [0, 0.05) is 12.0 Å². The van der Waals surface area contributed by atoms with Crippen LogP contribution in [0.15, 0.2) is 12.1 Å². The number of alkyl halides is 1. The van der Waals surface area contributed by atoms with Crippen molar-refractivity contribution >= 4 is 35.0 Å². The van der Waals surface area contributed by atoms with Crippen LogP contribution in [0, 0.1) is 0 Å². The lowest BCUT2D eigenvalue weighted by atomic mass is 10.0. The van der Waals surface area contributed by atoms with E-state index in [1.807, 2.05) is 0 Å². The number of hydrogen-bond donors (Lipinski definition) is 3. The summed E-state index contributed by atoms with van der Waals surface area (Å²) in [5.74, 6) is 0.474. The number of carbonyl (C=O) groups is 2. The van der Waals surface area contributed by atoms with Crippen LogP contribution >= 0.6 is 11.6 Å². The van der Waals surface area contributed by atoms with Crippen LogP contribution in [0.4, 0.5) is 16.2 Å². The van der Waals surface area contributed by atoms with E-state index < -0.39 is 12.2 Å². The van der Waals surface area contributed by atoms with Gasteiger partial charge in [-0.3, -0.25) is 10.1 Å². The molecule has 0 fully saturated rings. The van der Waals surface area contributed by atoms with E-state index in [2.05, 4.69) is 10.6 Å². The Labute approximate surface area is 138 Å². The van der Waals surface area contributed by atoms with Gasteiger partial charge in [0.05, 0.1) is 23.9 Å². The minimum atomic E-state index is -0.775. The second-order valence-electron chi connectivity index (χ2n) is 4.98. The van der Waals surface area contributed by atoms with Crippen molar-refractivity contribution in [2.75, 3.05) is 29.7 Å². The van der Waals surface area contributed by atoms with E-state index in [-0.39, 0.29) is 25.0 Å². The van der Waals surface area contributed by atoms with Crippen LogP contribution in [-0.4, -0.2) is 42.3 Å². The predicted octanol–water partition coefficient (Wildman–Crippen LogP) is 2.12. The fourth-order valence-electron chi connectivity index (χ4n) is 2.21. The number of benzene rings is 1. The summed E-state index contributed by atoms with van der Waals surface area (Å²) in [7, 11) is 0. The largest absolute Gasteiger partial charge is 0.490 e. The number of ether oxygens (including phenoxy) is 2. The van der Waals surface area contributed by atoms with Crippen LogP contribution in [0.3, 0.4) is 0 Å². The summed E-state index contributed by atoms with van der Waals surface area (Å²) < 4.78 is 10.4. The summed E-state index contributed by atoms with van der Waals surface area (Å²) in [5, 5.41) is 14.8. The molecule has 8 heteroatoms. The molecule has 23 heavy (non-hydrogen) atoms. The first-order valence-electron chi connectivity index (χ1n) is 7.31. The van der Waals surface area contributed by atoms with Crippen LogP contribution in [0.25, 0.3) is 0 Å². The Morgan fingerprint density at radius 2 is 2.26 bits per heavy atom. The van der Waals surface area contributed by atoms with Crippen LogP contribution in [0.1, 0.15) is 18.9 Å². The quantitative estimate of drug-likeness (QED) is 0.688. The van der Waals surface area contributed by atoms with E-state index in [1.54, 1.807) is 19.1 Å². The lowest BCUT2D eigenvalue weighted by molar-refractivity contribution is -0.116.